The second-order valence-electron chi connectivity index (χ2n) is 7.54. The number of carbonyl (C=O) groups excluding carboxylic acids is 1. The van der Waals surface area contributed by atoms with E-state index in [1.807, 2.05) is 31.3 Å². The van der Waals surface area contributed by atoms with Crippen LogP contribution >= 0.6 is 24.0 Å². The molecule has 2 rings (SSSR count). The summed E-state index contributed by atoms with van der Waals surface area (Å²) in [5.74, 6) is 0.784. The largest absolute Gasteiger partial charge is 0.382 e. The third kappa shape index (κ3) is 8.50. The van der Waals surface area contributed by atoms with E-state index in [0.717, 1.165) is 50.7 Å². The third-order valence-electron chi connectivity index (χ3n) is 5.62. The van der Waals surface area contributed by atoms with E-state index in [0.29, 0.717) is 11.0 Å². The number of halogens is 1. The number of nitrogens with zero attached hydrogens (tertiary/aromatic N) is 1. The molecule has 0 bridgehead atoms. The standard InChI is InChI=1S/C22H36N4O2.HI/c1-4-28-15-13-22(11-5-6-12-22)17-26-21(24-3)25-14-10-18-8-7-9-19(16-18)20(27)23-2;/h7-9,16H,4-6,10-15,17H2,1-3H3,(H,23,27)(H2,24,25,26);1H. The SMILES string of the molecule is CCOCCC1(CNC(=NC)NCCc2cccc(C(=O)NC)c2)CCCC1.I. The maximum atomic E-state index is 11.8. The van der Waals surface area contributed by atoms with Crippen LogP contribution < -0.4 is 16.0 Å². The van der Waals surface area contributed by atoms with Gasteiger partial charge in [-0.2, -0.15) is 0 Å². The fourth-order valence-electron chi connectivity index (χ4n) is 3.90. The minimum Gasteiger partial charge on any atom is -0.382 e. The molecule has 1 amide bonds. The van der Waals surface area contributed by atoms with Gasteiger partial charge in [-0.1, -0.05) is 25.0 Å². The lowest BCUT2D eigenvalue weighted by Gasteiger charge is -2.30. The third-order valence-corrected chi connectivity index (χ3v) is 5.62. The molecule has 1 aromatic rings. The lowest BCUT2D eigenvalue weighted by Crippen LogP contribution is -2.44. The maximum Gasteiger partial charge on any atom is 0.251 e. The van der Waals surface area contributed by atoms with Crippen molar-refractivity contribution in [3.63, 3.8) is 0 Å². The summed E-state index contributed by atoms with van der Waals surface area (Å²) in [5.41, 5.74) is 2.15. The number of amides is 1. The summed E-state index contributed by atoms with van der Waals surface area (Å²) in [5, 5.41) is 9.58. The van der Waals surface area contributed by atoms with Crippen LogP contribution in [0.2, 0.25) is 0 Å². The van der Waals surface area contributed by atoms with Gasteiger partial charge < -0.3 is 20.7 Å². The number of guanidine groups is 1. The number of ether oxygens (including phenoxy) is 1. The molecule has 7 heteroatoms. The average Bonchev–Trinajstić information content (AvgIpc) is 3.19. The van der Waals surface area contributed by atoms with Crippen LogP contribution in [0.3, 0.4) is 0 Å². The normalized spacial score (nSPS) is 15.5. The zero-order valence-corrected chi connectivity index (χ0v) is 20.4. The highest BCUT2D eigenvalue weighted by molar-refractivity contribution is 14.0. The Morgan fingerprint density at radius 3 is 2.66 bits per heavy atom. The predicted molar refractivity (Wildman–Crippen MR) is 130 cm³/mol. The number of aliphatic imine (C=N–C) groups is 1. The zero-order chi connectivity index (χ0) is 20.2. The molecule has 29 heavy (non-hydrogen) atoms. The van der Waals surface area contributed by atoms with Gasteiger partial charge in [-0.25, -0.2) is 0 Å². The lowest BCUT2D eigenvalue weighted by molar-refractivity contribution is 0.0963. The Morgan fingerprint density at radius 1 is 1.24 bits per heavy atom. The number of hydrogen-bond donors (Lipinski definition) is 3. The lowest BCUT2D eigenvalue weighted by atomic mass is 9.83. The van der Waals surface area contributed by atoms with Crippen LogP contribution in [0.5, 0.6) is 0 Å². The molecule has 1 aliphatic carbocycles. The maximum absolute atomic E-state index is 11.8. The predicted octanol–water partition coefficient (Wildman–Crippen LogP) is 3.36. The molecule has 0 saturated heterocycles. The Hall–Kier alpha value is -1.35. The molecule has 1 aliphatic rings. The smallest absolute Gasteiger partial charge is 0.251 e. The number of nitrogens with one attached hydrogen (secondary N) is 3. The Bertz CT molecular complexity index is 645. The van der Waals surface area contributed by atoms with Crippen LogP contribution in [0.15, 0.2) is 29.3 Å². The molecule has 0 aromatic heterocycles. The number of benzene rings is 1. The van der Waals surface area contributed by atoms with Gasteiger partial charge in [-0.15, -0.1) is 24.0 Å². The van der Waals surface area contributed by atoms with Crippen molar-refractivity contribution in [3.05, 3.63) is 35.4 Å². The Kier molecular flexibility index (Phi) is 12.2. The summed E-state index contributed by atoms with van der Waals surface area (Å²) in [6.45, 7) is 5.38. The van der Waals surface area contributed by atoms with E-state index in [2.05, 4.69) is 27.9 Å². The first-order valence-electron chi connectivity index (χ1n) is 10.5. The molecule has 0 aliphatic heterocycles. The molecule has 1 fully saturated rings. The molecule has 6 nitrogen and oxygen atoms in total. The van der Waals surface area contributed by atoms with Gasteiger partial charge in [0.2, 0.25) is 0 Å². The minimum absolute atomic E-state index is 0. The molecule has 0 spiro atoms. The van der Waals surface area contributed by atoms with Gasteiger partial charge in [0.25, 0.3) is 5.91 Å². The van der Waals surface area contributed by atoms with Gasteiger partial charge in [0.15, 0.2) is 5.96 Å². The fourth-order valence-corrected chi connectivity index (χ4v) is 3.90. The van der Waals surface area contributed by atoms with Crippen LogP contribution in [0.25, 0.3) is 0 Å². The Balaban J connectivity index is 0.00000420. The second kappa shape index (κ2) is 13.8. The van der Waals surface area contributed by atoms with Crippen LogP contribution in [-0.2, 0) is 11.2 Å². The highest BCUT2D eigenvalue weighted by Gasteiger charge is 2.33. The Labute approximate surface area is 192 Å². The van der Waals surface area contributed by atoms with Gasteiger partial charge in [-0.3, -0.25) is 9.79 Å². The van der Waals surface area contributed by atoms with E-state index in [4.69, 9.17) is 4.74 Å². The molecule has 0 radical (unpaired) electrons. The van der Waals surface area contributed by atoms with E-state index in [-0.39, 0.29) is 29.9 Å². The van der Waals surface area contributed by atoms with Gasteiger partial charge >= 0.3 is 0 Å². The minimum atomic E-state index is -0.0544. The van der Waals surface area contributed by atoms with Crippen LogP contribution in [0.4, 0.5) is 0 Å². The fraction of sp³-hybridized carbons (Fsp3) is 0.636. The van der Waals surface area contributed by atoms with Gasteiger partial charge in [-0.05, 0) is 55.7 Å². The van der Waals surface area contributed by atoms with Gasteiger partial charge in [0.1, 0.15) is 0 Å². The van der Waals surface area contributed by atoms with Crippen molar-refractivity contribution in [1.82, 2.24) is 16.0 Å². The van der Waals surface area contributed by atoms with Gasteiger partial charge in [0, 0.05) is 46.0 Å². The molecule has 3 N–H and O–H groups in total. The molecule has 1 saturated carbocycles. The summed E-state index contributed by atoms with van der Waals surface area (Å²) in [4.78, 5) is 16.1. The van der Waals surface area contributed by atoms with Crippen molar-refractivity contribution >= 4 is 35.8 Å². The van der Waals surface area contributed by atoms with Crippen molar-refractivity contribution in [2.45, 2.75) is 45.4 Å². The molecular weight excluding hydrogens is 479 g/mol. The Morgan fingerprint density at radius 2 is 2.00 bits per heavy atom. The second-order valence-corrected chi connectivity index (χ2v) is 7.54. The molecule has 164 valence electrons. The van der Waals surface area contributed by atoms with Gasteiger partial charge in [0.05, 0.1) is 0 Å². The number of hydrogen-bond acceptors (Lipinski definition) is 3. The summed E-state index contributed by atoms with van der Waals surface area (Å²) in [7, 11) is 3.46. The number of rotatable bonds is 10. The van der Waals surface area contributed by atoms with Crippen molar-refractivity contribution in [1.29, 1.82) is 0 Å². The van der Waals surface area contributed by atoms with E-state index < -0.39 is 0 Å². The number of carbonyl (C=O) groups is 1. The first-order valence-corrected chi connectivity index (χ1v) is 10.5. The summed E-state index contributed by atoms with van der Waals surface area (Å²) < 4.78 is 5.60. The average molecular weight is 516 g/mol. The van der Waals surface area contributed by atoms with Crippen LogP contribution in [0, 0.1) is 5.41 Å². The quantitative estimate of drug-likeness (QED) is 0.193. The topological polar surface area (TPSA) is 74.8 Å². The molecule has 1 aromatic carbocycles. The highest BCUT2D eigenvalue weighted by atomic mass is 127. The highest BCUT2D eigenvalue weighted by Crippen LogP contribution is 2.40. The van der Waals surface area contributed by atoms with E-state index >= 15 is 0 Å². The van der Waals surface area contributed by atoms with Crippen LogP contribution in [-0.4, -0.2) is 52.3 Å². The monoisotopic (exact) mass is 516 g/mol. The molecule has 0 heterocycles. The van der Waals surface area contributed by atoms with E-state index in [1.54, 1.807) is 7.05 Å². The zero-order valence-electron chi connectivity index (χ0n) is 18.1. The summed E-state index contributed by atoms with van der Waals surface area (Å²) in [6.07, 6.45) is 7.08. The van der Waals surface area contributed by atoms with Crippen molar-refractivity contribution in [3.8, 4) is 0 Å². The molecular formula is C22H37IN4O2. The van der Waals surface area contributed by atoms with E-state index in [1.165, 1.54) is 25.7 Å². The summed E-state index contributed by atoms with van der Waals surface area (Å²) in [6, 6.07) is 7.75. The molecule has 0 unspecified atom stereocenters. The van der Waals surface area contributed by atoms with Crippen molar-refractivity contribution in [2.24, 2.45) is 10.4 Å². The summed E-state index contributed by atoms with van der Waals surface area (Å²) >= 11 is 0. The first-order chi connectivity index (χ1) is 13.6. The van der Waals surface area contributed by atoms with E-state index in [9.17, 15) is 4.79 Å². The van der Waals surface area contributed by atoms with Crippen molar-refractivity contribution in [2.75, 3.05) is 40.4 Å². The van der Waals surface area contributed by atoms with Crippen LogP contribution in [0.1, 0.15) is 54.9 Å². The molecule has 0 atom stereocenters. The van der Waals surface area contributed by atoms with Crippen molar-refractivity contribution < 1.29 is 9.53 Å². The first kappa shape index (κ1) is 25.7.